The van der Waals surface area contributed by atoms with Crippen molar-refractivity contribution >= 4 is 5.69 Å². The van der Waals surface area contributed by atoms with Crippen LogP contribution in [0.5, 0.6) is 0 Å². The second-order valence-corrected chi connectivity index (χ2v) is 4.50. The molecule has 0 aromatic carbocycles. The second kappa shape index (κ2) is 5.14. The Bertz CT molecular complexity index is 388. The quantitative estimate of drug-likeness (QED) is 0.828. The van der Waals surface area contributed by atoms with Crippen molar-refractivity contribution in [1.82, 2.24) is 10.2 Å². The summed E-state index contributed by atoms with van der Waals surface area (Å²) in [5.74, 6) is 0.847. The molecule has 0 spiro atoms. The normalized spacial score (nSPS) is 21.8. The maximum absolute atomic E-state index is 11.2. The molecule has 1 aliphatic heterocycles. The lowest BCUT2D eigenvalue weighted by Gasteiger charge is -2.21. The number of hydrogen-bond donors (Lipinski definition) is 1. The number of nitrogens with zero attached hydrogens (tertiary/aromatic N) is 2. The van der Waals surface area contributed by atoms with E-state index in [2.05, 4.69) is 22.0 Å². The van der Waals surface area contributed by atoms with Crippen LogP contribution < -0.4 is 10.5 Å². The minimum absolute atomic E-state index is 0.117. The zero-order valence-corrected chi connectivity index (χ0v) is 9.78. The predicted molar refractivity (Wildman–Crippen MR) is 64.7 cm³/mol. The third kappa shape index (κ3) is 2.62. The zero-order valence-electron chi connectivity index (χ0n) is 9.78. The van der Waals surface area contributed by atoms with Crippen LogP contribution in [0.1, 0.15) is 32.6 Å². The summed E-state index contributed by atoms with van der Waals surface area (Å²) >= 11 is 0. The molecule has 0 saturated carbocycles. The lowest BCUT2D eigenvalue weighted by molar-refractivity contribution is 0.459. The number of aromatic nitrogens is 2. The third-order valence-electron chi connectivity index (χ3n) is 3.44. The molecule has 1 atom stereocenters. The maximum atomic E-state index is 11.2. The van der Waals surface area contributed by atoms with Gasteiger partial charge in [-0.05, 0) is 25.2 Å². The van der Waals surface area contributed by atoms with Gasteiger partial charge in [-0.1, -0.05) is 13.3 Å². The Labute approximate surface area is 95.7 Å². The van der Waals surface area contributed by atoms with E-state index in [1.165, 1.54) is 25.7 Å². The van der Waals surface area contributed by atoms with Crippen molar-refractivity contribution < 1.29 is 0 Å². The fraction of sp³-hybridized carbons (Fsp3) is 0.667. The first kappa shape index (κ1) is 11.2. The highest BCUT2D eigenvalue weighted by atomic mass is 16.1. The van der Waals surface area contributed by atoms with Gasteiger partial charge in [0.1, 0.15) is 0 Å². The number of hydrogen-bond acceptors (Lipinski definition) is 3. The molecule has 0 amide bonds. The standard InChI is InChI=1S/C12H19N3O/c1-2-10-4-3-6-15(7-5-10)11-8-12(16)14-13-9-11/h8-10H,2-7H2,1H3,(H,14,16). The molecule has 4 heteroatoms. The van der Waals surface area contributed by atoms with Crippen LogP contribution in [-0.4, -0.2) is 23.3 Å². The molecule has 0 aliphatic carbocycles. The molecule has 1 saturated heterocycles. The van der Waals surface area contributed by atoms with Crippen LogP contribution in [0.3, 0.4) is 0 Å². The monoisotopic (exact) mass is 221 g/mol. The van der Waals surface area contributed by atoms with Gasteiger partial charge in [-0.2, -0.15) is 5.10 Å². The van der Waals surface area contributed by atoms with Gasteiger partial charge < -0.3 is 4.90 Å². The van der Waals surface area contributed by atoms with E-state index in [-0.39, 0.29) is 5.56 Å². The largest absolute Gasteiger partial charge is 0.370 e. The zero-order chi connectivity index (χ0) is 11.4. The minimum atomic E-state index is -0.117. The van der Waals surface area contributed by atoms with Crippen LogP contribution in [0.15, 0.2) is 17.1 Å². The van der Waals surface area contributed by atoms with Gasteiger partial charge in [-0.3, -0.25) is 4.79 Å². The lowest BCUT2D eigenvalue weighted by atomic mass is 9.98. The molecule has 0 bridgehead atoms. The summed E-state index contributed by atoms with van der Waals surface area (Å²) in [7, 11) is 0. The van der Waals surface area contributed by atoms with Crippen LogP contribution in [0, 0.1) is 5.92 Å². The Hall–Kier alpha value is -1.32. The molecule has 4 nitrogen and oxygen atoms in total. The summed E-state index contributed by atoms with van der Waals surface area (Å²) in [5, 5.41) is 6.26. The fourth-order valence-electron chi connectivity index (χ4n) is 2.37. The van der Waals surface area contributed by atoms with Crippen LogP contribution in [-0.2, 0) is 0 Å². The van der Waals surface area contributed by atoms with Crippen molar-refractivity contribution in [3.8, 4) is 0 Å². The lowest BCUT2D eigenvalue weighted by Crippen LogP contribution is -2.26. The Balaban J connectivity index is 2.07. The first-order valence-electron chi connectivity index (χ1n) is 6.09. The topological polar surface area (TPSA) is 49.0 Å². The highest BCUT2D eigenvalue weighted by Crippen LogP contribution is 2.22. The highest BCUT2D eigenvalue weighted by molar-refractivity contribution is 5.42. The van der Waals surface area contributed by atoms with E-state index in [0.717, 1.165) is 24.7 Å². The Kier molecular flexibility index (Phi) is 3.59. The van der Waals surface area contributed by atoms with Gasteiger partial charge in [-0.15, -0.1) is 0 Å². The maximum Gasteiger partial charge on any atom is 0.266 e. The molecular formula is C12H19N3O. The molecule has 1 fully saturated rings. The van der Waals surface area contributed by atoms with E-state index < -0.39 is 0 Å². The number of H-pyrrole nitrogens is 1. The molecule has 1 unspecified atom stereocenters. The van der Waals surface area contributed by atoms with Crippen molar-refractivity contribution in [3.05, 3.63) is 22.6 Å². The third-order valence-corrected chi connectivity index (χ3v) is 3.44. The summed E-state index contributed by atoms with van der Waals surface area (Å²) in [6, 6.07) is 1.64. The van der Waals surface area contributed by atoms with Crippen molar-refractivity contribution in [2.24, 2.45) is 5.92 Å². The summed E-state index contributed by atoms with van der Waals surface area (Å²) in [6.45, 7) is 4.35. The van der Waals surface area contributed by atoms with Gasteiger partial charge >= 0.3 is 0 Å². The smallest absolute Gasteiger partial charge is 0.266 e. The highest BCUT2D eigenvalue weighted by Gasteiger charge is 2.16. The van der Waals surface area contributed by atoms with Gasteiger partial charge in [0.2, 0.25) is 0 Å². The van der Waals surface area contributed by atoms with E-state index in [1.54, 1.807) is 12.3 Å². The van der Waals surface area contributed by atoms with Crippen molar-refractivity contribution in [1.29, 1.82) is 0 Å². The Morgan fingerprint density at radius 3 is 3.12 bits per heavy atom. The van der Waals surface area contributed by atoms with Crippen molar-refractivity contribution in [2.75, 3.05) is 18.0 Å². The van der Waals surface area contributed by atoms with Gasteiger partial charge in [0.25, 0.3) is 5.56 Å². The molecule has 2 heterocycles. The van der Waals surface area contributed by atoms with Gasteiger partial charge in [0.05, 0.1) is 11.9 Å². The van der Waals surface area contributed by atoms with Crippen LogP contribution >= 0.6 is 0 Å². The minimum Gasteiger partial charge on any atom is -0.370 e. The molecule has 16 heavy (non-hydrogen) atoms. The second-order valence-electron chi connectivity index (χ2n) is 4.50. The number of aromatic amines is 1. The van der Waals surface area contributed by atoms with E-state index in [9.17, 15) is 4.79 Å². The molecule has 1 N–H and O–H groups in total. The summed E-state index contributed by atoms with van der Waals surface area (Å²) in [4.78, 5) is 13.5. The van der Waals surface area contributed by atoms with Crippen LogP contribution in [0.4, 0.5) is 5.69 Å². The molecule has 88 valence electrons. The average molecular weight is 221 g/mol. The summed E-state index contributed by atoms with van der Waals surface area (Å²) < 4.78 is 0. The van der Waals surface area contributed by atoms with Gasteiger partial charge in [0.15, 0.2) is 0 Å². The van der Waals surface area contributed by atoms with Gasteiger partial charge in [0, 0.05) is 19.2 Å². The van der Waals surface area contributed by atoms with Gasteiger partial charge in [-0.25, -0.2) is 5.10 Å². The number of nitrogens with one attached hydrogen (secondary N) is 1. The summed E-state index contributed by atoms with van der Waals surface area (Å²) in [5.41, 5.74) is 0.842. The van der Waals surface area contributed by atoms with E-state index >= 15 is 0 Å². The Morgan fingerprint density at radius 1 is 1.50 bits per heavy atom. The number of anilines is 1. The first-order valence-corrected chi connectivity index (χ1v) is 6.09. The molecule has 0 radical (unpaired) electrons. The molecule has 1 aromatic rings. The number of rotatable bonds is 2. The average Bonchev–Trinajstić information content (AvgIpc) is 2.54. The molecule has 1 aromatic heterocycles. The molecule has 2 rings (SSSR count). The Morgan fingerprint density at radius 2 is 2.38 bits per heavy atom. The van der Waals surface area contributed by atoms with Crippen LogP contribution in [0.2, 0.25) is 0 Å². The SMILES string of the molecule is CCC1CCCN(c2cn[nH]c(=O)c2)CC1. The fourth-order valence-corrected chi connectivity index (χ4v) is 2.37. The molecular weight excluding hydrogens is 202 g/mol. The predicted octanol–water partition coefficient (Wildman–Crippen LogP) is 1.79. The first-order chi connectivity index (χ1) is 7.79. The van der Waals surface area contributed by atoms with Crippen molar-refractivity contribution in [2.45, 2.75) is 32.6 Å². The van der Waals surface area contributed by atoms with E-state index in [1.807, 2.05) is 0 Å². The van der Waals surface area contributed by atoms with E-state index in [4.69, 9.17) is 0 Å². The molecule has 1 aliphatic rings. The van der Waals surface area contributed by atoms with E-state index in [0.29, 0.717) is 0 Å². The summed E-state index contributed by atoms with van der Waals surface area (Å²) in [6.07, 6.45) is 6.76. The van der Waals surface area contributed by atoms with Crippen molar-refractivity contribution in [3.63, 3.8) is 0 Å². The van der Waals surface area contributed by atoms with Crippen LogP contribution in [0.25, 0.3) is 0 Å².